The van der Waals surface area contributed by atoms with Gasteiger partial charge < -0.3 is 4.74 Å². The lowest BCUT2D eigenvalue weighted by Crippen LogP contribution is -2.55. The quantitative estimate of drug-likeness (QED) is 0.598. The molecule has 1 aliphatic carbocycles. The zero-order chi connectivity index (χ0) is 8.77. The fourth-order valence-corrected chi connectivity index (χ4v) is 2.26. The maximum Gasteiger partial charge on any atom is 0.410 e. The van der Waals surface area contributed by atoms with Gasteiger partial charge in [-0.1, -0.05) is 0 Å². The Bertz CT molecular complexity index is 209. The number of rotatable bonds is 1. The zero-order valence-electron chi connectivity index (χ0n) is 7.67. The third kappa shape index (κ3) is 0.853. The van der Waals surface area contributed by atoms with Gasteiger partial charge in [0.15, 0.2) is 0 Å². The first-order valence-electron chi connectivity index (χ1n) is 4.62. The fourth-order valence-electron chi connectivity index (χ4n) is 2.26. The number of hydrogen-bond donors (Lipinski definition) is 0. The van der Waals surface area contributed by atoms with Crippen LogP contribution in [0.4, 0.5) is 4.79 Å². The van der Waals surface area contributed by atoms with Gasteiger partial charge in [-0.15, -0.1) is 0 Å². The van der Waals surface area contributed by atoms with Gasteiger partial charge in [-0.3, -0.25) is 4.90 Å². The Balaban J connectivity index is 2.19. The van der Waals surface area contributed by atoms with Crippen molar-refractivity contribution in [2.24, 2.45) is 0 Å². The van der Waals surface area contributed by atoms with E-state index < -0.39 is 0 Å². The second-order valence-electron chi connectivity index (χ2n) is 4.10. The van der Waals surface area contributed by atoms with Gasteiger partial charge in [-0.2, -0.15) is 0 Å². The van der Waals surface area contributed by atoms with Crippen LogP contribution in [0.1, 0.15) is 33.1 Å². The van der Waals surface area contributed by atoms with Crippen molar-refractivity contribution < 1.29 is 9.53 Å². The summed E-state index contributed by atoms with van der Waals surface area (Å²) in [6.45, 7) is 4.71. The average Bonchev–Trinajstić information content (AvgIpc) is 2.25. The molecule has 0 aromatic rings. The summed E-state index contributed by atoms with van der Waals surface area (Å²) >= 11 is 0. The topological polar surface area (TPSA) is 29.5 Å². The number of ether oxygens (including phenoxy) is 1. The average molecular weight is 169 g/mol. The van der Waals surface area contributed by atoms with Crippen LogP contribution in [0.2, 0.25) is 0 Å². The van der Waals surface area contributed by atoms with E-state index in [-0.39, 0.29) is 17.7 Å². The third-order valence-electron chi connectivity index (χ3n) is 2.97. The highest BCUT2D eigenvalue weighted by molar-refractivity contribution is 5.71. The SMILES string of the molecule is CC(C)N1C(=O)OCC12CCC2. The lowest BCUT2D eigenvalue weighted by Gasteiger charge is -2.44. The summed E-state index contributed by atoms with van der Waals surface area (Å²) in [5, 5.41) is 0. The highest BCUT2D eigenvalue weighted by Gasteiger charge is 2.52. The molecule has 3 heteroatoms. The van der Waals surface area contributed by atoms with E-state index in [1.807, 2.05) is 18.7 Å². The van der Waals surface area contributed by atoms with Gasteiger partial charge in [0.25, 0.3) is 0 Å². The highest BCUT2D eigenvalue weighted by Crippen LogP contribution is 2.42. The molecule has 0 atom stereocenters. The molecule has 1 aliphatic heterocycles. The van der Waals surface area contributed by atoms with E-state index in [4.69, 9.17) is 4.74 Å². The molecule has 0 unspecified atom stereocenters. The first-order valence-corrected chi connectivity index (χ1v) is 4.62. The molecule has 0 radical (unpaired) electrons. The molecule has 2 fully saturated rings. The van der Waals surface area contributed by atoms with E-state index >= 15 is 0 Å². The van der Waals surface area contributed by atoms with Crippen LogP contribution in [-0.2, 0) is 4.74 Å². The van der Waals surface area contributed by atoms with Crippen molar-refractivity contribution in [3.05, 3.63) is 0 Å². The standard InChI is InChI=1S/C9H15NO2/c1-7(2)10-8(11)12-6-9(10)4-3-5-9/h7H,3-6H2,1-2H3. The molecule has 0 N–H and O–H groups in total. The second-order valence-corrected chi connectivity index (χ2v) is 4.10. The Kier molecular flexibility index (Phi) is 1.56. The predicted octanol–water partition coefficient (Wildman–Crippen LogP) is 1.77. The molecule has 1 heterocycles. The third-order valence-corrected chi connectivity index (χ3v) is 2.97. The summed E-state index contributed by atoms with van der Waals surface area (Å²) in [6, 6.07) is 0.278. The number of nitrogens with zero attached hydrogens (tertiary/aromatic N) is 1. The van der Waals surface area contributed by atoms with E-state index in [0.717, 1.165) is 12.8 Å². The monoisotopic (exact) mass is 169 g/mol. The number of carbonyl (C=O) groups is 1. The molecular weight excluding hydrogens is 154 g/mol. The number of hydrogen-bond acceptors (Lipinski definition) is 2. The highest BCUT2D eigenvalue weighted by atomic mass is 16.6. The summed E-state index contributed by atoms with van der Waals surface area (Å²) in [5.74, 6) is 0. The summed E-state index contributed by atoms with van der Waals surface area (Å²) in [6.07, 6.45) is 3.36. The Labute approximate surface area is 72.7 Å². The Morgan fingerprint density at radius 3 is 2.50 bits per heavy atom. The van der Waals surface area contributed by atoms with E-state index in [1.54, 1.807) is 0 Å². The maximum absolute atomic E-state index is 11.3. The van der Waals surface area contributed by atoms with Crippen LogP contribution in [-0.4, -0.2) is 29.2 Å². The first-order chi connectivity index (χ1) is 5.66. The van der Waals surface area contributed by atoms with Crippen LogP contribution in [0.5, 0.6) is 0 Å². The van der Waals surface area contributed by atoms with E-state index in [9.17, 15) is 4.79 Å². The van der Waals surface area contributed by atoms with Crippen LogP contribution in [0.25, 0.3) is 0 Å². The Morgan fingerprint density at radius 2 is 2.17 bits per heavy atom. The maximum atomic E-state index is 11.3. The fraction of sp³-hybridized carbons (Fsp3) is 0.889. The molecule has 0 bridgehead atoms. The van der Waals surface area contributed by atoms with Crippen molar-refractivity contribution in [1.29, 1.82) is 0 Å². The molecule has 0 aromatic heterocycles. The minimum atomic E-state index is -0.121. The van der Waals surface area contributed by atoms with Crippen LogP contribution in [0.15, 0.2) is 0 Å². The lowest BCUT2D eigenvalue weighted by molar-refractivity contribution is 0.0611. The summed E-state index contributed by atoms with van der Waals surface area (Å²) in [7, 11) is 0. The van der Waals surface area contributed by atoms with Crippen molar-refractivity contribution in [2.45, 2.75) is 44.7 Å². The number of amides is 1. The van der Waals surface area contributed by atoms with Gasteiger partial charge >= 0.3 is 6.09 Å². The molecule has 3 nitrogen and oxygen atoms in total. The molecule has 1 amide bonds. The Hall–Kier alpha value is -0.730. The first kappa shape index (κ1) is 7.90. The Morgan fingerprint density at radius 1 is 1.50 bits per heavy atom. The summed E-state index contributed by atoms with van der Waals surface area (Å²) < 4.78 is 5.07. The van der Waals surface area contributed by atoms with E-state index in [1.165, 1.54) is 6.42 Å². The molecular formula is C9H15NO2. The minimum absolute atomic E-state index is 0.0885. The predicted molar refractivity (Wildman–Crippen MR) is 44.9 cm³/mol. The van der Waals surface area contributed by atoms with Gasteiger partial charge in [0, 0.05) is 6.04 Å². The minimum Gasteiger partial charge on any atom is -0.447 e. The molecule has 1 saturated carbocycles. The van der Waals surface area contributed by atoms with Crippen LogP contribution >= 0.6 is 0 Å². The lowest BCUT2D eigenvalue weighted by atomic mass is 9.76. The molecule has 2 aliphatic rings. The van der Waals surface area contributed by atoms with Gasteiger partial charge in [0.2, 0.25) is 0 Å². The van der Waals surface area contributed by atoms with Crippen LogP contribution < -0.4 is 0 Å². The second kappa shape index (κ2) is 2.38. The molecule has 2 rings (SSSR count). The smallest absolute Gasteiger partial charge is 0.410 e. The van der Waals surface area contributed by atoms with Gasteiger partial charge in [0.1, 0.15) is 6.61 Å². The van der Waals surface area contributed by atoms with E-state index in [2.05, 4.69) is 0 Å². The molecule has 0 aromatic carbocycles. The molecule has 12 heavy (non-hydrogen) atoms. The molecule has 1 saturated heterocycles. The van der Waals surface area contributed by atoms with E-state index in [0.29, 0.717) is 6.61 Å². The van der Waals surface area contributed by atoms with Crippen molar-refractivity contribution in [3.8, 4) is 0 Å². The molecule has 1 spiro atoms. The van der Waals surface area contributed by atoms with Gasteiger partial charge in [-0.05, 0) is 33.1 Å². The van der Waals surface area contributed by atoms with Crippen molar-refractivity contribution in [1.82, 2.24) is 4.90 Å². The largest absolute Gasteiger partial charge is 0.447 e. The summed E-state index contributed by atoms with van der Waals surface area (Å²) in [4.78, 5) is 13.2. The van der Waals surface area contributed by atoms with Gasteiger partial charge in [-0.25, -0.2) is 4.79 Å². The number of carbonyl (C=O) groups excluding carboxylic acids is 1. The zero-order valence-corrected chi connectivity index (χ0v) is 7.67. The van der Waals surface area contributed by atoms with Gasteiger partial charge in [0.05, 0.1) is 5.54 Å². The number of cyclic esters (lactones) is 1. The van der Waals surface area contributed by atoms with Crippen LogP contribution in [0, 0.1) is 0 Å². The van der Waals surface area contributed by atoms with Crippen molar-refractivity contribution >= 4 is 6.09 Å². The normalized spacial score (nSPS) is 26.2. The summed E-state index contributed by atoms with van der Waals surface area (Å²) in [5.41, 5.74) is 0.0885. The molecule has 68 valence electrons. The van der Waals surface area contributed by atoms with Crippen molar-refractivity contribution in [3.63, 3.8) is 0 Å². The van der Waals surface area contributed by atoms with Crippen LogP contribution in [0.3, 0.4) is 0 Å². The van der Waals surface area contributed by atoms with Crippen molar-refractivity contribution in [2.75, 3.05) is 6.61 Å².